The van der Waals surface area contributed by atoms with Crippen LogP contribution in [-0.2, 0) is 0 Å². The van der Waals surface area contributed by atoms with Gasteiger partial charge in [-0.25, -0.2) is 4.68 Å². The average molecular weight is 304 g/mol. The van der Waals surface area contributed by atoms with Crippen molar-refractivity contribution in [2.45, 2.75) is 77.2 Å². The molecule has 2 aliphatic rings. The summed E-state index contributed by atoms with van der Waals surface area (Å²) in [5.74, 6) is 1.49. The number of hydrogen-bond donors (Lipinski definition) is 0. The fraction of sp³-hybridized carbons (Fsp3) is 0.889. The molecular weight excluding hydrogens is 272 g/mol. The maximum Gasteiger partial charge on any atom is 0.0858 e. The van der Waals surface area contributed by atoms with Crippen molar-refractivity contribution in [2.75, 3.05) is 19.6 Å². The lowest BCUT2D eigenvalue weighted by atomic mass is 9.87. The van der Waals surface area contributed by atoms with Crippen LogP contribution in [0.4, 0.5) is 0 Å². The molecule has 0 aromatic carbocycles. The standard InChI is InChI=1S/C18H32N4/c1-3-15(2)13-21-11-9-17(10-12-21)22-14-18(19-20-22)16-7-5-4-6-8-16/h14-17H,3-13H2,1-2H3/t15-/m1/s1. The first-order chi connectivity index (χ1) is 10.8. The Kier molecular flexibility index (Phi) is 5.51. The Balaban J connectivity index is 1.52. The van der Waals surface area contributed by atoms with Gasteiger partial charge >= 0.3 is 0 Å². The van der Waals surface area contributed by atoms with E-state index in [1.54, 1.807) is 0 Å². The molecule has 1 saturated carbocycles. The molecule has 4 heteroatoms. The Morgan fingerprint density at radius 1 is 1.14 bits per heavy atom. The number of hydrogen-bond acceptors (Lipinski definition) is 3. The van der Waals surface area contributed by atoms with Crippen LogP contribution in [0.3, 0.4) is 0 Å². The maximum atomic E-state index is 4.50. The second-order valence-electron chi connectivity index (χ2n) is 7.50. The molecule has 3 rings (SSSR count). The van der Waals surface area contributed by atoms with Gasteiger partial charge in [-0.3, -0.25) is 0 Å². The molecule has 0 N–H and O–H groups in total. The Hall–Kier alpha value is -0.900. The number of piperidine rings is 1. The molecule has 1 saturated heterocycles. The van der Waals surface area contributed by atoms with Crippen LogP contribution in [0.2, 0.25) is 0 Å². The molecule has 2 fully saturated rings. The maximum absolute atomic E-state index is 4.50. The van der Waals surface area contributed by atoms with Gasteiger partial charge in [0.05, 0.1) is 11.7 Å². The fourth-order valence-corrected chi connectivity index (χ4v) is 3.99. The van der Waals surface area contributed by atoms with E-state index in [0.717, 1.165) is 5.92 Å². The number of nitrogens with zero attached hydrogens (tertiary/aromatic N) is 4. The van der Waals surface area contributed by atoms with Crippen molar-refractivity contribution < 1.29 is 0 Å². The van der Waals surface area contributed by atoms with Crippen LogP contribution in [0, 0.1) is 5.92 Å². The monoisotopic (exact) mass is 304 g/mol. The molecule has 0 amide bonds. The third kappa shape index (κ3) is 3.89. The second-order valence-corrected chi connectivity index (χ2v) is 7.50. The quantitative estimate of drug-likeness (QED) is 0.824. The zero-order chi connectivity index (χ0) is 15.4. The van der Waals surface area contributed by atoms with Gasteiger partial charge in [0.25, 0.3) is 0 Å². The van der Waals surface area contributed by atoms with Gasteiger partial charge in [0.1, 0.15) is 0 Å². The second kappa shape index (κ2) is 7.58. The summed E-state index contributed by atoms with van der Waals surface area (Å²) >= 11 is 0. The lowest BCUT2D eigenvalue weighted by Crippen LogP contribution is -2.37. The lowest BCUT2D eigenvalue weighted by molar-refractivity contribution is 0.159. The molecule has 1 aliphatic heterocycles. The van der Waals surface area contributed by atoms with Crippen LogP contribution in [-0.4, -0.2) is 39.5 Å². The number of rotatable bonds is 5. The molecule has 4 nitrogen and oxygen atoms in total. The lowest BCUT2D eigenvalue weighted by Gasteiger charge is -2.33. The highest BCUT2D eigenvalue weighted by molar-refractivity contribution is 5.03. The number of likely N-dealkylation sites (tertiary alicyclic amines) is 1. The highest BCUT2D eigenvalue weighted by Crippen LogP contribution is 2.32. The minimum absolute atomic E-state index is 0.568. The Labute approximate surface area is 135 Å². The van der Waals surface area contributed by atoms with Crippen LogP contribution >= 0.6 is 0 Å². The van der Waals surface area contributed by atoms with Crippen LogP contribution in [0.15, 0.2) is 6.20 Å². The first-order valence-corrected chi connectivity index (χ1v) is 9.40. The van der Waals surface area contributed by atoms with Gasteiger partial charge in [0.15, 0.2) is 0 Å². The predicted octanol–water partition coefficient (Wildman–Crippen LogP) is 4.01. The Morgan fingerprint density at radius 2 is 1.86 bits per heavy atom. The average Bonchev–Trinajstić information content (AvgIpc) is 3.06. The Bertz CT molecular complexity index is 442. The smallest absolute Gasteiger partial charge is 0.0858 e. The van der Waals surface area contributed by atoms with Crippen molar-refractivity contribution >= 4 is 0 Å². The van der Waals surface area contributed by atoms with E-state index < -0.39 is 0 Å². The van der Waals surface area contributed by atoms with E-state index in [0.29, 0.717) is 12.0 Å². The summed E-state index contributed by atoms with van der Waals surface area (Å²) in [6, 6.07) is 0.568. The molecule has 0 unspecified atom stereocenters. The van der Waals surface area contributed by atoms with E-state index >= 15 is 0 Å². The van der Waals surface area contributed by atoms with E-state index in [1.165, 1.54) is 76.7 Å². The Morgan fingerprint density at radius 3 is 2.55 bits per heavy atom. The van der Waals surface area contributed by atoms with Gasteiger partial charge in [0, 0.05) is 31.7 Å². The van der Waals surface area contributed by atoms with Crippen molar-refractivity contribution in [3.8, 4) is 0 Å². The first-order valence-electron chi connectivity index (χ1n) is 9.40. The molecule has 1 atom stereocenters. The topological polar surface area (TPSA) is 34.0 Å². The molecule has 0 bridgehead atoms. The van der Waals surface area contributed by atoms with Gasteiger partial charge in [0.2, 0.25) is 0 Å². The van der Waals surface area contributed by atoms with Crippen molar-refractivity contribution in [3.63, 3.8) is 0 Å². The minimum Gasteiger partial charge on any atom is -0.303 e. The highest BCUT2D eigenvalue weighted by atomic mass is 15.4. The highest BCUT2D eigenvalue weighted by Gasteiger charge is 2.24. The molecule has 1 aliphatic carbocycles. The molecule has 0 spiro atoms. The molecule has 22 heavy (non-hydrogen) atoms. The largest absolute Gasteiger partial charge is 0.303 e. The third-order valence-electron chi connectivity index (χ3n) is 5.75. The van der Waals surface area contributed by atoms with Crippen molar-refractivity contribution in [3.05, 3.63) is 11.9 Å². The van der Waals surface area contributed by atoms with Crippen molar-refractivity contribution in [1.29, 1.82) is 0 Å². The SMILES string of the molecule is CC[C@@H](C)CN1CCC(n2cc(C3CCCCC3)nn2)CC1. The van der Waals surface area contributed by atoms with E-state index in [9.17, 15) is 0 Å². The molecule has 2 heterocycles. The summed E-state index contributed by atoms with van der Waals surface area (Å²) in [6.07, 6.45) is 12.8. The van der Waals surface area contributed by atoms with Crippen molar-refractivity contribution in [1.82, 2.24) is 19.9 Å². The van der Waals surface area contributed by atoms with Gasteiger partial charge in [-0.1, -0.05) is 44.7 Å². The zero-order valence-electron chi connectivity index (χ0n) is 14.4. The normalized spacial score (nSPS) is 23.7. The molecule has 1 aromatic rings. The van der Waals surface area contributed by atoms with E-state index in [1.807, 2.05) is 0 Å². The van der Waals surface area contributed by atoms with E-state index in [2.05, 4.69) is 39.9 Å². The molecular formula is C18H32N4. The van der Waals surface area contributed by atoms with Crippen LogP contribution < -0.4 is 0 Å². The molecule has 124 valence electrons. The van der Waals surface area contributed by atoms with Crippen molar-refractivity contribution in [2.24, 2.45) is 5.92 Å². The third-order valence-corrected chi connectivity index (χ3v) is 5.75. The van der Waals surface area contributed by atoms with E-state index in [4.69, 9.17) is 0 Å². The predicted molar refractivity (Wildman–Crippen MR) is 90.0 cm³/mol. The molecule has 0 radical (unpaired) electrons. The minimum atomic E-state index is 0.568. The zero-order valence-corrected chi connectivity index (χ0v) is 14.4. The van der Waals surface area contributed by atoms with Crippen LogP contribution in [0.25, 0.3) is 0 Å². The van der Waals surface area contributed by atoms with Crippen LogP contribution in [0.5, 0.6) is 0 Å². The number of aromatic nitrogens is 3. The molecule has 1 aromatic heterocycles. The van der Waals surface area contributed by atoms with Gasteiger partial charge in [-0.2, -0.15) is 0 Å². The van der Waals surface area contributed by atoms with Gasteiger partial charge < -0.3 is 4.90 Å². The van der Waals surface area contributed by atoms with E-state index in [-0.39, 0.29) is 0 Å². The summed E-state index contributed by atoms with van der Waals surface area (Å²) in [7, 11) is 0. The fourth-order valence-electron chi connectivity index (χ4n) is 3.99. The summed E-state index contributed by atoms with van der Waals surface area (Å²) in [5, 5.41) is 8.96. The summed E-state index contributed by atoms with van der Waals surface area (Å²) < 4.78 is 2.17. The first kappa shape index (κ1) is 16.0. The van der Waals surface area contributed by atoms with Gasteiger partial charge in [-0.05, 0) is 31.6 Å². The summed E-state index contributed by atoms with van der Waals surface area (Å²) in [4.78, 5) is 2.63. The van der Waals surface area contributed by atoms with Crippen LogP contribution in [0.1, 0.15) is 82.9 Å². The summed E-state index contributed by atoms with van der Waals surface area (Å²) in [5.41, 5.74) is 1.25. The van der Waals surface area contributed by atoms with Gasteiger partial charge in [-0.15, -0.1) is 5.10 Å². The summed E-state index contributed by atoms with van der Waals surface area (Å²) in [6.45, 7) is 8.34.